The Labute approximate surface area is 181 Å². The van der Waals surface area contributed by atoms with E-state index in [1.165, 1.54) is 11.3 Å². The molecule has 8 heteroatoms. The summed E-state index contributed by atoms with van der Waals surface area (Å²) < 4.78 is 6.43. The number of thiazole rings is 1. The first-order valence-electron chi connectivity index (χ1n) is 9.73. The fraction of sp³-hybridized carbons (Fsp3) is 0.0870. The maximum atomic E-state index is 12.8. The quantitative estimate of drug-likeness (QED) is 0.379. The Bertz CT molecular complexity index is 1330. The number of nitrogens with zero attached hydrogens (tertiary/aromatic N) is 4. The molecule has 0 aliphatic heterocycles. The molecule has 0 amide bonds. The number of pyridine rings is 1. The molecule has 5 rings (SSSR count). The average Bonchev–Trinajstić information content (AvgIpc) is 3.47. The summed E-state index contributed by atoms with van der Waals surface area (Å²) >= 11 is 1.32. The third-order valence-corrected chi connectivity index (χ3v) is 5.77. The molecule has 0 aliphatic carbocycles. The predicted octanol–water partition coefficient (Wildman–Crippen LogP) is 4.63. The number of hydrogen-bond acceptors (Lipinski definition) is 8. The molecule has 1 N–H and O–H groups in total. The van der Waals surface area contributed by atoms with E-state index in [-0.39, 0.29) is 17.7 Å². The maximum absolute atomic E-state index is 12.8. The van der Waals surface area contributed by atoms with Crippen molar-refractivity contribution >= 4 is 33.4 Å². The summed E-state index contributed by atoms with van der Waals surface area (Å²) in [4.78, 5) is 21.2. The van der Waals surface area contributed by atoms with Crippen LogP contribution in [0, 0.1) is 0 Å². The smallest absolute Gasteiger partial charge is 0.315 e. The molecular weight excluding hydrogens is 410 g/mol. The van der Waals surface area contributed by atoms with E-state index in [1.807, 2.05) is 48.5 Å². The van der Waals surface area contributed by atoms with Crippen molar-refractivity contribution in [2.45, 2.75) is 6.42 Å². The van der Waals surface area contributed by atoms with Crippen molar-refractivity contribution in [3.8, 4) is 11.1 Å². The van der Waals surface area contributed by atoms with Crippen molar-refractivity contribution in [3.05, 3.63) is 89.5 Å². The minimum Gasteiger partial charge on any atom is -0.400 e. The number of aromatic nitrogens is 4. The Kier molecular flexibility index (Phi) is 5.20. The van der Waals surface area contributed by atoms with Crippen LogP contribution in [-0.2, 0) is 6.42 Å². The first-order chi connectivity index (χ1) is 15.3. The molecule has 0 saturated heterocycles. The highest BCUT2D eigenvalue weighted by Gasteiger charge is 2.21. The first-order valence-corrected chi connectivity index (χ1v) is 10.5. The van der Waals surface area contributed by atoms with E-state index in [0.717, 1.165) is 33.3 Å². The van der Waals surface area contributed by atoms with Gasteiger partial charge in [0.05, 0.1) is 10.2 Å². The van der Waals surface area contributed by atoms with Crippen molar-refractivity contribution in [2.75, 3.05) is 11.9 Å². The summed E-state index contributed by atoms with van der Waals surface area (Å²) in [5.41, 5.74) is 4.10. The number of hydrogen-bond donors (Lipinski definition) is 1. The highest BCUT2D eigenvalue weighted by molar-refractivity contribution is 7.20. The average molecular weight is 427 g/mol. The van der Waals surface area contributed by atoms with Crippen LogP contribution in [0.3, 0.4) is 0 Å². The molecule has 0 spiro atoms. The van der Waals surface area contributed by atoms with Gasteiger partial charge in [0.15, 0.2) is 5.01 Å². The van der Waals surface area contributed by atoms with E-state index in [9.17, 15) is 4.79 Å². The van der Waals surface area contributed by atoms with E-state index in [1.54, 1.807) is 12.4 Å². The number of anilines is 1. The molecule has 5 aromatic rings. The van der Waals surface area contributed by atoms with Crippen LogP contribution in [0.2, 0.25) is 0 Å². The summed E-state index contributed by atoms with van der Waals surface area (Å²) in [5, 5.41) is 11.2. The van der Waals surface area contributed by atoms with Crippen molar-refractivity contribution in [2.24, 2.45) is 0 Å². The van der Waals surface area contributed by atoms with Gasteiger partial charge < -0.3 is 9.73 Å². The molecule has 7 nitrogen and oxygen atoms in total. The molecule has 0 bridgehead atoms. The SMILES string of the molecule is O=C(c1nnc(NCCc2ccncc2)o1)c1nc2ccc(-c3ccccc3)cc2s1. The van der Waals surface area contributed by atoms with Gasteiger partial charge in [-0.05, 0) is 47.4 Å². The molecule has 2 aromatic carbocycles. The summed E-state index contributed by atoms with van der Waals surface area (Å²) in [6.07, 6.45) is 4.27. The second-order valence-corrected chi connectivity index (χ2v) is 7.87. The zero-order chi connectivity index (χ0) is 21.0. The number of fused-ring (bicyclic) bond motifs is 1. The molecule has 0 unspecified atom stereocenters. The summed E-state index contributed by atoms with van der Waals surface area (Å²) in [7, 11) is 0. The fourth-order valence-corrected chi connectivity index (χ4v) is 4.11. The van der Waals surface area contributed by atoms with Crippen LogP contribution in [0.25, 0.3) is 21.3 Å². The van der Waals surface area contributed by atoms with E-state index in [2.05, 4.69) is 37.6 Å². The molecule has 152 valence electrons. The van der Waals surface area contributed by atoms with Gasteiger partial charge in [-0.3, -0.25) is 9.78 Å². The highest BCUT2D eigenvalue weighted by atomic mass is 32.1. The minimum atomic E-state index is -0.378. The van der Waals surface area contributed by atoms with Gasteiger partial charge in [-0.25, -0.2) is 4.98 Å². The third kappa shape index (κ3) is 4.19. The molecule has 0 saturated carbocycles. The lowest BCUT2D eigenvalue weighted by Gasteiger charge is -2.00. The number of ketones is 1. The minimum absolute atomic E-state index is 0.0752. The Balaban J connectivity index is 1.29. The molecular formula is C23H17N5O2S. The number of carbonyl (C=O) groups is 1. The van der Waals surface area contributed by atoms with Crippen molar-refractivity contribution in [1.82, 2.24) is 20.2 Å². The van der Waals surface area contributed by atoms with Gasteiger partial charge in [0, 0.05) is 18.9 Å². The van der Waals surface area contributed by atoms with Crippen LogP contribution in [-0.4, -0.2) is 32.5 Å². The second-order valence-electron chi connectivity index (χ2n) is 6.84. The summed E-state index contributed by atoms with van der Waals surface area (Å²) in [6.45, 7) is 0.600. The highest BCUT2D eigenvalue weighted by Crippen LogP contribution is 2.29. The molecule has 0 aliphatic rings. The summed E-state index contributed by atoms with van der Waals surface area (Å²) in [5.74, 6) is -0.453. The zero-order valence-corrected chi connectivity index (χ0v) is 17.2. The number of carbonyl (C=O) groups excluding carboxylic acids is 1. The lowest BCUT2D eigenvalue weighted by molar-refractivity contribution is 0.100. The largest absolute Gasteiger partial charge is 0.400 e. The van der Waals surface area contributed by atoms with E-state index < -0.39 is 0 Å². The van der Waals surface area contributed by atoms with Gasteiger partial charge in [-0.1, -0.05) is 41.5 Å². The second kappa shape index (κ2) is 8.45. The Morgan fingerprint density at radius 1 is 0.968 bits per heavy atom. The van der Waals surface area contributed by atoms with Crippen LogP contribution < -0.4 is 5.32 Å². The van der Waals surface area contributed by atoms with Crippen molar-refractivity contribution < 1.29 is 9.21 Å². The first kappa shape index (κ1) is 19.1. The predicted molar refractivity (Wildman–Crippen MR) is 119 cm³/mol. The van der Waals surface area contributed by atoms with Crippen LogP contribution in [0.5, 0.6) is 0 Å². The van der Waals surface area contributed by atoms with Gasteiger partial charge in [0.2, 0.25) is 0 Å². The van der Waals surface area contributed by atoms with E-state index >= 15 is 0 Å². The normalized spacial score (nSPS) is 11.0. The molecule has 0 radical (unpaired) electrons. The van der Waals surface area contributed by atoms with Crippen LogP contribution in [0.4, 0.5) is 6.01 Å². The van der Waals surface area contributed by atoms with Crippen LogP contribution in [0.1, 0.15) is 21.3 Å². The zero-order valence-electron chi connectivity index (χ0n) is 16.4. The molecule has 0 fully saturated rings. The molecule has 0 atom stereocenters. The topological polar surface area (TPSA) is 93.8 Å². The Morgan fingerprint density at radius 2 is 1.81 bits per heavy atom. The summed E-state index contributed by atoms with van der Waals surface area (Å²) in [6, 6.07) is 20.2. The molecule has 31 heavy (non-hydrogen) atoms. The van der Waals surface area contributed by atoms with Crippen molar-refractivity contribution in [3.63, 3.8) is 0 Å². The third-order valence-electron chi connectivity index (χ3n) is 4.75. The standard InChI is InChI=1S/C23H17N5O2S/c29-20(21-27-28-23(30-21)25-13-10-15-8-11-24-12-9-15)22-26-18-7-6-17(14-19(18)31-22)16-4-2-1-3-5-16/h1-9,11-12,14H,10,13H2,(H,25,28). The van der Waals surface area contributed by atoms with Crippen LogP contribution >= 0.6 is 11.3 Å². The number of benzene rings is 2. The molecule has 3 heterocycles. The van der Waals surface area contributed by atoms with Gasteiger partial charge >= 0.3 is 6.01 Å². The van der Waals surface area contributed by atoms with Gasteiger partial charge in [-0.2, -0.15) is 0 Å². The maximum Gasteiger partial charge on any atom is 0.315 e. The lowest BCUT2D eigenvalue weighted by atomic mass is 10.1. The Hall–Kier alpha value is -3.91. The van der Waals surface area contributed by atoms with Gasteiger partial charge in [0.1, 0.15) is 0 Å². The monoisotopic (exact) mass is 427 g/mol. The number of nitrogens with one attached hydrogen (secondary N) is 1. The molecule has 3 aromatic heterocycles. The van der Waals surface area contributed by atoms with E-state index in [0.29, 0.717) is 11.6 Å². The van der Waals surface area contributed by atoms with Crippen LogP contribution in [0.15, 0.2) is 77.5 Å². The number of rotatable bonds is 7. The Morgan fingerprint density at radius 3 is 2.65 bits per heavy atom. The van der Waals surface area contributed by atoms with E-state index in [4.69, 9.17) is 4.42 Å². The van der Waals surface area contributed by atoms with Gasteiger partial charge in [0.25, 0.3) is 11.7 Å². The lowest BCUT2D eigenvalue weighted by Crippen LogP contribution is -2.05. The van der Waals surface area contributed by atoms with Crippen molar-refractivity contribution in [1.29, 1.82) is 0 Å². The fourth-order valence-electron chi connectivity index (χ4n) is 3.17. The van der Waals surface area contributed by atoms with Gasteiger partial charge in [-0.15, -0.1) is 16.4 Å².